The van der Waals surface area contributed by atoms with Crippen molar-refractivity contribution >= 4 is 33.2 Å². The van der Waals surface area contributed by atoms with E-state index >= 15 is 0 Å². The molecule has 9 heteroatoms. The Balaban J connectivity index is 1.47. The molecule has 0 aliphatic carbocycles. The number of hydrogen-bond acceptors (Lipinski definition) is 6. The maximum absolute atomic E-state index is 12.4. The standard InChI is InChI=1S/C19H26N6O2S/c1-3-4-8-20-17(26)13-5-9-24(10-6-13)12-15-21-22-19-23(2)18(27)16-14(25(15)19)7-11-28-16/h7,11,13H,3-6,8-10,12H2,1-2H3,(H,20,26). The van der Waals surface area contributed by atoms with Gasteiger partial charge in [-0.1, -0.05) is 13.3 Å². The summed E-state index contributed by atoms with van der Waals surface area (Å²) in [4.78, 5) is 27.0. The van der Waals surface area contributed by atoms with Gasteiger partial charge in [-0.3, -0.25) is 23.5 Å². The van der Waals surface area contributed by atoms with Crippen LogP contribution in [0.5, 0.6) is 0 Å². The monoisotopic (exact) mass is 402 g/mol. The van der Waals surface area contributed by atoms with E-state index in [4.69, 9.17) is 0 Å². The molecule has 1 amide bonds. The number of nitrogens with zero attached hydrogens (tertiary/aromatic N) is 5. The fourth-order valence-electron chi connectivity index (χ4n) is 3.84. The van der Waals surface area contributed by atoms with Gasteiger partial charge in [0.05, 0.1) is 12.1 Å². The summed E-state index contributed by atoms with van der Waals surface area (Å²) in [5.74, 6) is 1.69. The van der Waals surface area contributed by atoms with E-state index in [1.165, 1.54) is 11.3 Å². The largest absolute Gasteiger partial charge is 0.356 e. The molecule has 0 unspecified atom stereocenters. The van der Waals surface area contributed by atoms with E-state index in [1.807, 2.05) is 15.8 Å². The van der Waals surface area contributed by atoms with Crippen LogP contribution in [0.1, 0.15) is 38.4 Å². The quantitative estimate of drug-likeness (QED) is 0.635. The molecule has 1 N–H and O–H groups in total. The van der Waals surface area contributed by atoms with Gasteiger partial charge < -0.3 is 5.32 Å². The van der Waals surface area contributed by atoms with Gasteiger partial charge in [-0.25, -0.2) is 0 Å². The van der Waals surface area contributed by atoms with Crippen molar-refractivity contribution in [2.45, 2.75) is 39.2 Å². The molecular formula is C19H26N6O2S. The van der Waals surface area contributed by atoms with Gasteiger partial charge in [0.25, 0.3) is 5.56 Å². The van der Waals surface area contributed by atoms with Gasteiger partial charge in [-0.05, 0) is 43.8 Å². The van der Waals surface area contributed by atoms with Crippen LogP contribution in [0.3, 0.4) is 0 Å². The van der Waals surface area contributed by atoms with Crippen LogP contribution in [0.2, 0.25) is 0 Å². The molecule has 150 valence electrons. The molecule has 1 aliphatic heterocycles. The first-order valence-electron chi connectivity index (χ1n) is 9.90. The highest BCUT2D eigenvalue weighted by Crippen LogP contribution is 2.22. The Kier molecular flexibility index (Phi) is 5.45. The van der Waals surface area contributed by atoms with Crippen LogP contribution in [0.25, 0.3) is 16.0 Å². The molecule has 4 rings (SSSR count). The van der Waals surface area contributed by atoms with Crippen LogP contribution < -0.4 is 10.9 Å². The zero-order valence-electron chi connectivity index (χ0n) is 16.3. The van der Waals surface area contributed by atoms with Gasteiger partial charge in [0.2, 0.25) is 11.7 Å². The van der Waals surface area contributed by atoms with E-state index in [0.29, 0.717) is 12.3 Å². The molecule has 0 radical (unpaired) electrons. The lowest BCUT2D eigenvalue weighted by atomic mass is 9.96. The second kappa shape index (κ2) is 8.00. The van der Waals surface area contributed by atoms with Crippen molar-refractivity contribution in [1.29, 1.82) is 0 Å². The zero-order chi connectivity index (χ0) is 19.7. The number of rotatable bonds is 6. The molecule has 0 spiro atoms. The smallest absolute Gasteiger partial charge is 0.272 e. The lowest BCUT2D eigenvalue weighted by Crippen LogP contribution is -2.40. The molecule has 1 saturated heterocycles. The third-order valence-electron chi connectivity index (χ3n) is 5.55. The highest BCUT2D eigenvalue weighted by molar-refractivity contribution is 7.17. The number of likely N-dealkylation sites (tertiary alicyclic amines) is 1. The number of thiophene rings is 1. The lowest BCUT2D eigenvalue weighted by Gasteiger charge is -2.30. The summed E-state index contributed by atoms with van der Waals surface area (Å²) in [5, 5.41) is 13.6. The van der Waals surface area contributed by atoms with E-state index in [9.17, 15) is 9.59 Å². The van der Waals surface area contributed by atoms with Gasteiger partial charge >= 0.3 is 0 Å². The SMILES string of the molecule is CCCCNC(=O)C1CCN(Cc2nnc3n(C)c(=O)c4sccc4n23)CC1. The lowest BCUT2D eigenvalue weighted by molar-refractivity contribution is -0.126. The zero-order valence-corrected chi connectivity index (χ0v) is 17.2. The molecule has 1 fully saturated rings. The number of hydrogen-bond donors (Lipinski definition) is 1. The summed E-state index contributed by atoms with van der Waals surface area (Å²) in [6, 6.07) is 1.95. The number of carbonyl (C=O) groups excluding carboxylic acids is 1. The fraction of sp³-hybridized carbons (Fsp3) is 0.579. The molecule has 4 heterocycles. The minimum Gasteiger partial charge on any atom is -0.356 e. The number of nitrogens with one attached hydrogen (secondary N) is 1. The summed E-state index contributed by atoms with van der Waals surface area (Å²) in [5.41, 5.74) is 0.833. The third-order valence-corrected chi connectivity index (χ3v) is 6.44. The van der Waals surface area contributed by atoms with Crippen molar-refractivity contribution in [3.05, 3.63) is 27.6 Å². The molecule has 0 bridgehead atoms. The number of unbranched alkanes of at least 4 members (excludes halogenated alkanes) is 1. The summed E-state index contributed by atoms with van der Waals surface area (Å²) in [6.45, 7) is 5.28. The Bertz CT molecular complexity index is 1040. The number of piperidine rings is 1. The van der Waals surface area contributed by atoms with E-state index in [2.05, 4.69) is 27.3 Å². The van der Waals surface area contributed by atoms with Gasteiger partial charge in [-0.15, -0.1) is 21.5 Å². The predicted octanol–water partition coefficient (Wildman–Crippen LogP) is 1.77. The second-order valence-electron chi connectivity index (χ2n) is 7.45. The Morgan fingerprint density at radius 2 is 2.11 bits per heavy atom. The van der Waals surface area contributed by atoms with Crippen LogP contribution in [0.15, 0.2) is 16.2 Å². The summed E-state index contributed by atoms with van der Waals surface area (Å²) < 4.78 is 4.26. The maximum Gasteiger partial charge on any atom is 0.272 e. The average molecular weight is 403 g/mol. The topological polar surface area (TPSA) is 84.5 Å². The molecule has 0 saturated carbocycles. The first-order valence-corrected chi connectivity index (χ1v) is 10.8. The van der Waals surface area contributed by atoms with Crippen molar-refractivity contribution in [2.24, 2.45) is 13.0 Å². The maximum atomic E-state index is 12.4. The molecule has 0 aromatic carbocycles. The second-order valence-corrected chi connectivity index (χ2v) is 8.36. The number of carbonyl (C=O) groups is 1. The minimum atomic E-state index is -0.0358. The summed E-state index contributed by atoms with van der Waals surface area (Å²) in [6.07, 6.45) is 3.85. The van der Waals surface area contributed by atoms with E-state index < -0.39 is 0 Å². The average Bonchev–Trinajstić information content (AvgIpc) is 3.34. The summed E-state index contributed by atoms with van der Waals surface area (Å²) in [7, 11) is 1.73. The minimum absolute atomic E-state index is 0.0358. The normalized spacial score (nSPS) is 16.2. The van der Waals surface area contributed by atoms with Crippen molar-refractivity contribution in [3.63, 3.8) is 0 Å². The highest BCUT2D eigenvalue weighted by atomic mass is 32.1. The molecule has 0 atom stereocenters. The Hall–Kier alpha value is -2.26. The Morgan fingerprint density at radius 3 is 2.86 bits per heavy atom. The fourth-order valence-corrected chi connectivity index (χ4v) is 4.69. The predicted molar refractivity (Wildman–Crippen MR) is 110 cm³/mol. The van der Waals surface area contributed by atoms with Crippen LogP contribution >= 0.6 is 11.3 Å². The van der Waals surface area contributed by atoms with E-state index in [-0.39, 0.29) is 17.4 Å². The Labute approximate surface area is 167 Å². The van der Waals surface area contributed by atoms with E-state index in [0.717, 1.165) is 61.4 Å². The Morgan fingerprint density at radius 1 is 1.32 bits per heavy atom. The van der Waals surface area contributed by atoms with Crippen LogP contribution in [0.4, 0.5) is 0 Å². The van der Waals surface area contributed by atoms with Gasteiger partial charge in [0.1, 0.15) is 4.70 Å². The molecule has 1 aliphatic rings. The first-order chi connectivity index (χ1) is 13.6. The molecule has 3 aromatic heterocycles. The van der Waals surface area contributed by atoms with Crippen LogP contribution in [-0.2, 0) is 18.4 Å². The molecule has 8 nitrogen and oxygen atoms in total. The number of aromatic nitrogens is 4. The van der Waals surface area contributed by atoms with Crippen molar-refractivity contribution in [3.8, 4) is 0 Å². The van der Waals surface area contributed by atoms with Crippen molar-refractivity contribution in [1.82, 2.24) is 29.4 Å². The van der Waals surface area contributed by atoms with Gasteiger partial charge in [0.15, 0.2) is 5.82 Å². The van der Waals surface area contributed by atoms with Crippen molar-refractivity contribution < 1.29 is 4.79 Å². The highest BCUT2D eigenvalue weighted by Gasteiger charge is 2.26. The molecule has 28 heavy (non-hydrogen) atoms. The first kappa shape index (κ1) is 19.1. The third kappa shape index (κ3) is 3.44. The number of aryl methyl sites for hydroxylation is 1. The van der Waals surface area contributed by atoms with Crippen LogP contribution in [0, 0.1) is 5.92 Å². The van der Waals surface area contributed by atoms with Gasteiger partial charge in [0, 0.05) is 19.5 Å². The van der Waals surface area contributed by atoms with Gasteiger partial charge in [-0.2, -0.15) is 0 Å². The van der Waals surface area contributed by atoms with E-state index in [1.54, 1.807) is 11.6 Å². The van der Waals surface area contributed by atoms with Crippen molar-refractivity contribution in [2.75, 3.05) is 19.6 Å². The molecule has 3 aromatic rings. The molecular weight excluding hydrogens is 376 g/mol. The number of amides is 1. The number of fused-ring (bicyclic) bond motifs is 3. The summed E-state index contributed by atoms with van der Waals surface area (Å²) >= 11 is 1.44. The van der Waals surface area contributed by atoms with Crippen LogP contribution in [-0.4, -0.2) is 49.6 Å².